The summed E-state index contributed by atoms with van der Waals surface area (Å²) in [6.07, 6.45) is 8.46. The molecule has 2 aromatic carbocycles. The van der Waals surface area contributed by atoms with Gasteiger partial charge in [-0.15, -0.1) is 0 Å². The highest BCUT2D eigenvalue weighted by atomic mass is 16.5. The molecule has 0 aliphatic carbocycles. The fraction of sp³-hybridized carbons (Fsp3) is 0.540. The van der Waals surface area contributed by atoms with E-state index in [2.05, 4.69) is 103 Å². The number of amides is 1. The number of unbranched alkanes of at least 4 members (excludes halogenated alkanes) is 1. The second-order valence-electron chi connectivity index (χ2n) is 17.5. The first kappa shape index (κ1) is 46.0. The van der Waals surface area contributed by atoms with Crippen LogP contribution in [0.15, 0.2) is 49.1 Å². The number of nitriles is 2. The van der Waals surface area contributed by atoms with Crippen LogP contribution in [0, 0.1) is 29.6 Å². The first-order valence-electron chi connectivity index (χ1n) is 23.3. The van der Waals surface area contributed by atoms with Crippen LogP contribution in [-0.2, 0) is 24.2 Å². The number of aromatic nitrogens is 4. The summed E-state index contributed by atoms with van der Waals surface area (Å²) in [5, 5.41) is 21.2. The van der Waals surface area contributed by atoms with Gasteiger partial charge in [-0.25, -0.2) is 4.98 Å². The predicted octanol–water partition coefficient (Wildman–Crippen LogP) is 7.54. The average Bonchev–Trinajstić information content (AvgIpc) is 3.73. The van der Waals surface area contributed by atoms with Crippen LogP contribution in [0.1, 0.15) is 99.7 Å². The van der Waals surface area contributed by atoms with E-state index in [0.29, 0.717) is 63.9 Å². The third kappa shape index (κ3) is 10.5. The first-order valence-corrected chi connectivity index (χ1v) is 23.3. The summed E-state index contributed by atoms with van der Waals surface area (Å²) in [7, 11) is 2.14. The molecular weight excluding hydrogens is 803 g/mol. The summed E-state index contributed by atoms with van der Waals surface area (Å²) < 4.78 is 12.7. The van der Waals surface area contributed by atoms with E-state index in [1.54, 1.807) is 4.90 Å². The summed E-state index contributed by atoms with van der Waals surface area (Å²) in [4.78, 5) is 43.6. The van der Waals surface area contributed by atoms with E-state index in [9.17, 15) is 10.1 Å². The van der Waals surface area contributed by atoms with Crippen LogP contribution < -0.4 is 24.2 Å². The summed E-state index contributed by atoms with van der Waals surface area (Å²) in [6, 6.07) is 18.7. The van der Waals surface area contributed by atoms with Crippen molar-refractivity contribution in [2.45, 2.75) is 110 Å². The number of hydrogen-bond acceptors (Lipinski definition) is 13. The van der Waals surface area contributed by atoms with Crippen molar-refractivity contribution in [1.82, 2.24) is 29.7 Å². The Morgan fingerprint density at radius 3 is 2.58 bits per heavy atom. The van der Waals surface area contributed by atoms with Gasteiger partial charge in [0.1, 0.15) is 18.2 Å². The van der Waals surface area contributed by atoms with Crippen LogP contribution >= 0.6 is 0 Å². The van der Waals surface area contributed by atoms with Crippen molar-refractivity contribution in [2.24, 2.45) is 0 Å². The van der Waals surface area contributed by atoms with Crippen LogP contribution in [0.4, 0.5) is 17.3 Å². The molecule has 14 nitrogen and oxygen atoms in total. The number of carbonyl (C=O) groups excluding carboxylic acids is 1. The number of benzene rings is 2. The lowest BCUT2D eigenvalue weighted by molar-refractivity contribution is -0.128. The molecule has 0 saturated carbocycles. The van der Waals surface area contributed by atoms with Gasteiger partial charge in [0.05, 0.1) is 43.4 Å². The third-order valence-electron chi connectivity index (χ3n) is 13.4. The van der Waals surface area contributed by atoms with E-state index in [4.69, 9.17) is 34.7 Å². The highest BCUT2D eigenvalue weighted by Gasteiger charge is 2.34. The van der Waals surface area contributed by atoms with Gasteiger partial charge >= 0.3 is 12.0 Å². The van der Waals surface area contributed by atoms with Gasteiger partial charge in [-0.3, -0.25) is 4.79 Å². The molecule has 0 bridgehead atoms. The Hall–Kier alpha value is -5.99. The van der Waals surface area contributed by atoms with E-state index in [0.717, 1.165) is 105 Å². The molecule has 2 fully saturated rings. The minimum Gasteiger partial charge on any atom is -0.463 e. The van der Waals surface area contributed by atoms with E-state index < -0.39 is 0 Å². The summed E-state index contributed by atoms with van der Waals surface area (Å²) in [5.41, 5.74) is 6.58. The summed E-state index contributed by atoms with van der Waals surface area (Å²) in [5.74, 6) is 1.88. The molecule has 3 aliphatic heterocycles. The monoisotopic (exact) mass is 868 g/mol. The molecule has 14 heteroatoms. The largest absolute Gasteiger partial charge is 0.463 e. The molecule has 7 rings (SSSR count). The number of nitrogens with zero attached hydrogens (tertiary/aromatic N) is 11. The van der Waals surface area contributed by atoms with Crippen molar-refractivity contribution in [2.75, 3.05) is 80.8 Å². The number of piperazine rings is 1. The average molecular weight is 868 g/mol. The smallest absolute Gasteiger partial charge is 0.318 e. The molecule has 3 atom stereocenters. The Labute approximate surface area is 379 Å². The number of carbonyl (C=O) groups is 1. The molecule has 2 unspecified atom stereocenters. The van der Waals surface area contributed by atoms with Gasteiger partial charge in [0, 0.05) is 79.6 Å². The summed E-state index contributed by atoms with van der Waals surface area (Å²) >= 11 is 0. The number of hydrogen-bond donors (Lipinski definition) is 0. The van der Waals surface area contributed by atoms with Gasteiger partial charge in [0.15, 0.2) is 0 Å². The molecule has 338 valence electrons. The Kier molecular flexibility index (Phi) is 15.5. The van der Waals surface area contributed by atoms with Crippen molar-refractivity contribution >= 4 is 34.0 Å². The number of anilines is 3. The molecular formula is C50H65N11O3. The van der Waals surface area contributed by atoms with Gasteiger partial charge in [0.25, 0.3) is 0 Å². The minimum absolute atomic E-state index is 0.151. The van der Waals surface area contributed by atoms with Gasteiger partial charge in [-0.2, -0.15) is 25.5 Å². The Morgan fingerprint density at radius 1 is 1.00 bits per heavy atom. The van der Waals surface area contributed by atoms with Crippen LogP contribution in [0.5, 0.6) is 12.0 Å². The molecule has 3 aliphatic rings. The number of likely N-dealkylation sites (N-methyl/N-ethyl adjacent to an activating group) is 1. The lowest BCUT2D eigenvalue weighted by atomic mass is 9.92. The van der Waals surface area contributed by atoms with Crippen molar-refractivity contribution in [3.8, 4) is 24.2 Å². The lowest BCUT2D eigenvalue weighted by Crippen LogP contribution is -2.55. The molecule has 0 radical (unpaired) electrons. The maximum atomic E-state index is 12.8. The molecule has 1 amide bonds. The van der Waals surface area contributed by atoms with E-state index >= 15 is 0 Å². The van der Waals surface area contributed by atoms with Crippen molar-refractivity contribution < 1.29 is 14.3 Å². The Balaban J connectivity index is 1.10. The zero-order valence-electron chi connectivity index (χ0n) is 38.6. The normalized spacial score (nSPS) is 18.0. The van der Waals surface area contributed by atoms with E-state index in [-0.39, 0.29) is 24.3 Å². The number of ether oxygens (including phenoxy) is 2. The Morgan fingerprint density at radius 2 is 1.83 bits per heavy atom. The van der Waals surface area contributed by atoms with Crippen LogP contribution in [-0.4, -0.2) is 114 Å². The van der Waals surface area contributed by atoms with Crippen LogP contribution in [0.2, 0.25) is 0 Å². The highest BCUT2D eigenvalue weighted by molar-refractivity contribution is 5.95. The molecule has 64 heavy (non-hydrogen) atoms. The maximum absolute atomic E-state index is 12.8. The fourth-order valence-electron chi connectivity index (χ4n) is 9.65. The maximum Gasteiger partial charge on any atom is 0.318 e. The van der Waals surface area contributed by atoms with Crippen molar-refractivity contribution in [1.29, 1.82) is 10.5 Å². The van der Waals surface area contributed by atoms with Crippen molar-refractivity contribution in [3.63, 3.8) is 0 Å². The lowest BCUT2D eigenvalue weighted by Gasteiger charge is -2.42. The first-order chi connectivity index (χ1) is 31.2. The molecule has 0 N–H and O–H groups in total. The number of likely N-dealkylation sites (tertiary alicyclic amines) is 1. The standard InChI is InChI=1S/C50H65N11O3/c1-7-41-36(5)53-49(55-47(41)58(9-3)25-13-12-22-51)63-29-15-16-35(4)38-30-37-17-10-11-19-42(37)45(31-38)59-26-21-43-44(33-59)54-50(64-34-40-18-14-24-57(40)6)56-48(43)60-27-28-61(46(62)8-2)39(32-60)20-23-52/h8,10-11,17,19,30-31,35,39-40H,2,7,9,12-16,18,20-21,24-29,32-34H2,1,3-6H3/t35?,39?,40-/m1/s1. The van der Waals surface area contributed by atoms with Gasteiger partial charge in [-0.05, 0) is 101 Å². The van der Waals surface area contributed by atoms with Crippen LogP contribution in [0.3, 0.4) is 0 Å². The van der Waals surface area contributed by atoms with E-state index in [1.165, 1.54) is 28.1 Å². The van der Waals surface area contributed by atoms with E-state index in [1.807, 2.05) is 6.92 Å². The minimum atomic E-state index is -0.269. The zero-order chi connectivity index (χ0) is 45.2. The van der Waals surface area contributed by atoms with Gasteiger partial charge < -0.3 is 34.0 Å². The molecule has 2 aromatic heterocycles. The molecule has 2 saturated heterocycles. The number of aryl methyl sites for hydroxylation is 1. The van der Waals surface area contributed by atoms with Crippen LogP contribution in [0.25, 0.3) is 10.8 Å². The molecule has 4 aromatic rings. The number of rotatable bonds is 19. The van der Waals surface area contributed by atoms with Crippen molar-refractivity contribution in [3.05, 3.63) is 77.1 Å². The topological polar surface area (TPSA) is 151 Å². The molecule has 5 heterocycles. The van der Waals surface area contributed by atoms with Gasteiger partial charge in [-0.1, -0.05) is 50.8 Å². The second-order valence-corrected chi connectivity index (χ2v) is 17.5. The summed E-state index contributed by atoms with van der Waals surface area (Å²) in [6.45, 7) is 18.9. The second kappa shape index (κ2) is 21.6. The number of fused-ring (bicyclic) bond motifs is 2. The van der Waals surface area contributed by atoms with Gasteiger partial charge in [0.2, 0.25) is 5.91 Å². The SMILES string of the molecule is C=CC(=O)N1CCN(c2nc(OC[C@H]3CCCN3C)nc3c2CCN(c2cc(C(C)CCCOc4nc(C)c(CC)c(N(CC)CCCC#N)n4)cc4ccccc24)C3)CC1CC#N. The zero-order valence-corrected chi connectivity index (χ0v) is 38.6. The Bertz CT molecular complexity index is 2360. The predicted molar refractivity (Wildman–Crippen MR) is 252 cm³/mol. The highest BCUT2D eigenvalue weighted by Crippen LogP contribution is 2.38. The quantitative estimate of drug-likeness (QED) is 0.0675. The molecule has 0 spiro atoms. The fourth-order valence-corrected chi connectivity index (χ4v) is 9.65. The third-order valence-corrected chi connectivity index (χ3v) is 13.4.